The highest BCUT2D eigenvalue weighted by Gasteiger charge is 2.35. The number of anilines is 1. The van der Waals surface area contributed by atoms with Crippen LogP contribution in [-0.2, 0) is 26.2 Å². The molecule has 0 aliphatic rings. The van der Waals surface area contributed by atoms with Gasteiger partial charge < -0.3 is 15.0 Å². The highest BCUT2D eigenvalue weighted by molar-refractivity contribution is 7.92. The van der Waals surface area contributed by atoms with Crippen molar-refractivity contribution in [2.24, 2.45) is 0 Å². The summed E-state index contributed by atoms with van der Waals surface area (Å²) in [5.41, 5.74) is 1.52. The monoisotopic (exact) mass is 619 g/mol. The summed E-state index contributed by atoms with van der Waals surface area (Å²) in [6, 6.07) is 17.0. The van der Waals surface area contributed by atoms with Crippen LogP contribution in [-0.4, -0.2) is 51.4 Å². The molecule has 0 aliphatic carbocycles. The Morgan fingerprint density at radius 2 is 1.59 bits per heavy atom. The number of hydrogen-bond donors (Lipinski definition) is 1. The molecule has 1 N–H and O–H groups in total. The molecule has 11 heteroatoms. The predicted octanol–water partition coefficient (Wildman–Crippen LogP) is 5.84. The van der Waals surface area contributed by atoms with Gasteiger partial charge in [0.15, 0.2) is 0 Å². The fourth-order valence-corrected chi connectivity index (χ4v) is 6.27. The van der Waals surface area contributed by atoms with Crippen LogP contribution in [0.1, 0.15) is 37.8 Å². The molecule has 1 atom stereocenters. The predicted molar refractivity (Wildman–Crippen MR) is 163 cm³/mol. The number of amides is 2. The van der Waals surface area contributed by atoms with Gasteiger partial charge in [-0.2, -0.15) is 0 Å². The number of halogens is 2. The van der Waals surface area contributed by atoms with Gasteiger partial charge in [0, 0.05) is 28.7 Å². The summed E-state index contributed by atoms with van der Waals surface area (Å²) in [5, 5.41) is 3.50. The van der Waals surface area contributed by atoms with Gasteiger partial charge in [-0.25, -0.2) is 8.42 Å². The van der Waals surface area contributed by atoms with E-state index in [0.29, 0.717) is 28.6 Å². The summed E-state index contributed by atoms with van der Waals surface area (Å²) in [6.07, 6.45) is 0.992. The van der Waals surface area contributed by atoms with Crippen LogP contribution in [0.2, 0.25) is 10.0 Å². The largest absolute Gasteiger partial charge is 0.495 e. The van der Waals surface area contributed by atoms with Gasteiger partial charge in [-0.1, -0.05) is 72.9 Å². The second-order valence-corrected chi connectivity index (χ2v) is 12.1. The molecular formula is C30H35Cl2N3O5S. The zero-order valence-corrected chi connectivity index (χ0v) is 25.9. The first-order valence-electron chi connectivity index (χ1n) is 13.3. The summed E-state index contributed by atoms with van der Waals surface area (Å²) in [5.74, 6) is -0.693. The minimum atomic E-state index is -4.23. The maximum atomic E-state index is 14.2. The van der Waals surface area contributed by atoms with E-state index in [0.717, 1.165) is 9.87 Å². The Labute approximate surface area is 252 Å². The van der Waals surface area contributed by atoms with Gasteiger partial charge in [0.05, 0.1) is 17.7 Å². The van der Waals surface area contributed by atoms with Gasteiger partial charge in [-0.3, -0.25) is 13.9 Å². The number of benzene rings is 3. The van der Waals surface area contributed by atoms with Crippen LogP contribution < -0.4 is 14.4 Å². The average molecular weight is 621 g/mol. The average Bonchev–Trinajstić information content (AvgIpc) is 2.96. The number of methoxy groups -OCH3 is 1. The molecule has 220 valence electrons. The van der Waals surface area contributed by atoms with E-state index in [4.69, 9.17) is 27.9 Å². The quantitative estimate of drug-likeness (QED) is 0.259. The van der Waals surface area contributed by atoms with Crippen LogP contribution in [0.15, 0.2) is 71.6 Å². The van der Waals surface area contributed by atoms with E-state index in [9.17, 15) is 18.0 Å². The number of carbonyl (C=O) groups excluding carboxylic acids is 2. The smallest absolute Gasteiger partial charge is 0.264 e. The minimum Gasteiger partial charge on any atom is -0.495 e. The van der Waals surface area contributed by atoms with Crippen LogP contribution in [0, 0.1) is 6.92 Å². The summed E-state index contributed by atoms with van der Waals surface area (Å²) >= 11 is 12.9. The van der Waals surface area contributed by atoms with Crippen LogP contribution >= 0.6 is 23.2 Å². The third kappa shape index (κ3) is 7.72. The molecule has 0 spiro atoms. The number of nitrogens with zero attached hydrogens (tertiary/aromatic N) is 2. The maximum Gasteiger partial charge on any atom is 0.264 e. The lowest BCUT2D eigenvalue weighted by atomic mass is 10.1. The lowest BCUT2D eigenvalue weighted by Gasteiger charge is -2.33. The van der Waals surface area contributed by atoms with Crippen molar-refractivity contribution in [2.45, 2.75) is 51.1 Å². The van der Waals surface area contributed by atoms with Gasteiger partial charge in [0.2, 0.25) is 11.8 Å². The van der Waals surface area contributed by atoms with E-state index in [-0.39, 0.29) is 35.2 Å². The maximum absolute atomic E-state index is 14.2. The molecule has 1 unspecified atom stereocenters. The van der Waals surface area contributed by atoms with Gasteiger partial charge in [0.25, 0.3) is 10.0 Å². The van der Waals surface area contributed by atoms with Crippen molar-refractivity contribution < 1.29 is 22.7 Å². The van der Waals surface area contributed by atoms with Crippen molar-refractivity contribution in [1.29, 1.82) is 0 Å². The van der Waals surface area contributed by atoms with Crippen LogP contribution in [0.4, 0.5) is 5.69 Å². The van der Waals surface area contributed by atoms with E-state index in [1.807, 2.05) is 13.8 Å². The molecule has 3 rings (SSSR count). The minimum absolute atomic E-state index is 0.00948. The zero-order valence-electron chi connectivity index (χ0n) is 23.6. The zero-order chi connectivity index (χ0) is 30.2. The highest BCUT2D eigenvalue weighted by Crippen LogP contribution is 2.33. The fourth-order valence-electron chi connectivity index (χ4n) is 4.33. The Bertz CT molecular complexity index is 1440. The first-order chi connectivity index (χ1) is 19.5. The normalized spacial score (nSPS) is 12.0. The summed E-state index contributed by atoms with van der Waals surface area (Å²) < 4.78 is 34.5. The molecular weight excluding hydrogens is 585 g/mol. The van der Waals surface area contributed by atoms with E-state index >= 15 is 0 Å². The second-order valence-electron chi connectivity index (χ2n) is 9.43. The number of sulfonamides is 1. The first kappa shape index (κ1) is 32.2. The van der Waals surface area contributed by atoms with Crippen molar-refractivity contribution in [3.05, 3.63) is 87.9 Å². The molecule has 2 amide bonds. The van der Waals surface area contributed by atoms with E-state index in [1.54, 1.807) is 61.5 Å². The third-order valence-electron chi connectivity index (χ3n) is 6.57. The summed E-state index contributed by atoms with van der Waals surface area (Å²) in [6.45, 7) is 5.29. The van der Waals surface area contributed by atoms with Crippen molar-refractivity contribution in [3.8, 4) is 5.75 Å². The molecule has 8 nitrogen and oxygen atoms in total. The molecule has 0 aliphatic heterocycles. The molecule has 0 radical (unpaired) electrons. The number of para-hydroxylation sites is 2. The number of hydrogen-bond acceptors (Lipinski definition) is 5. The van der Waals surface area contributed by atoms with E-state index in [2.05, 4.69) is 5.32 Å². The molecule has 0 heterocycles. The topological polar surface area (TPSA) is 96.0 Å². The molecule has 3 aromatic carbocycles. The summed E-state index contributed by atoms with van der Waals surface area (Å²) in [4.78, 5) is 28.7. The standard InChI is InChI=1S/C30H35Cl2N3O5S/c1-5-18-33-30(37)26(6-2)34(19-23-24(31)10-9-11-25(23)32)29(36)20-35(27-12-7-8-13-28(27)40-4)41(38,39)22-16-14-21(3)15-17-22/h7-17,26H,5-6,18-20H2,1-4H3,(H,33,37). The Morgan fingerprint density at radius 1 is 0.951 bits per heavy atom. The van der Waals surface area contributed by atoms with Gasteiger partial charge in [-0.05, 0) is 56.2 Å². The third-order valence-corrected chi connectivity index (χ3v) is 9.05. The SMILES string of the molecule is CCCNC(=O)C(CC)N(Cc1c(Cl)cccc1Cl)C(=O)CN(c1ccccc1OC)S(=O)(=O)c1ccc(C)cc1. The fraction of sp³-hybridized carbons (Fsp3) is 0.333. The summed E-state index contributed by atoms with van der Waals surface area (Å²) in [7, 11) is -2.81. The van der Waals surface area contributed by atoms with Crippen molar-refractivity contribution in [2.75, 3.05) is 24.5 Å². The number of ether oxygens (including phenoxy) is 1. The number of aryl methyl sites for hydroxylation is 1. The second kappa shape index (κ2) is 14.6. The molecule has 0 saturated heterocycles. The van der Waals surface area contributed by atoms with Crippen LogP contribution in [0.25, 0.3) is 0 Å². The lowest BCUT2D eigenvalue weighted by molar-refractivity contribution is -0.140. The lowest BCUT2D eigenvalue weighted by Crippen LogP contribution is -2.52. The van der Waals surface area contributed by atoms with Gasteiger partial charge in [0.1, 0.15) is 18.3 Å². The van der Waals surface area contributed by atoms with Gasteiger partial charge in [-0.15, -0.1) is 0 Å². The molecule has 0 aromatic heterocycles. The van der Waals surface area contributed by atoms with Gasteiger partial charge >= 0.3 is 0 Å². The van der Waals surface area contributed by atoms with Crippen molar-refractivity contribution in [3.63, 3.8) is 0 Å². The first-order valence-corrected chi connectivity index (χ1v) is 15.5. The molecule has 0 saturated carbocycles. The number of nitrogens with one attached hydrogen (secondary N) is 1. The Hall–Kier alpha value is -3.27. The van der Waals surface area contributed by atoms with E-state index in [1.165, 1.54) is 24.1 Å². The molecule has 0 fully saturated rings. The van der Waals surface area contributed by atoms with Crippen molar-refractivity contribution >= 4 is 50.7 Å². The van der Waals surface area contributed by atoms with E-state index < -0.39 is 28.5 Å². The van der Waals surface area contributed by atoms with Crippen LogP contribution in [0.5, 0.6) is 5.75 Å². The van der Waals surface area contributed by atoms with Crippen LogP contribution in [0.3, 0.4) is 0 Å². The Kier molecular flexibility index (Phi) is 11.5. The number of carbonyl (C=O) groups is 2. The highest BCUT2D eigenvalue weighted by atomic mass is 35.5. The Morgan fingerprint density at radius 3 is 2.17 bits per heavy atom. The molecule has 3 aromatic rings. The molecule has 41 heavy (non-hydrogen) atoms. The molecule has 0 bridgehead atoms. The number of rotatable bonds is 13. The Balaban J connectivity index is 2.13. The van der Waals surface area contributed by atoms with Crippen molar-refractivity contribution in [1.82, 2.24) is 10.2 Å².